The molecule has 1 amide bonds. The molecule has 1 aromatic heterocycles. The van der Waals surface area contributed by atoms with Crippen LogP contribution in [0.5, 0.6) is 0 Å². The Labute approximate surface area is 143 Å². The van der Waals surface area contributed by atoms with E-state index in [2.05, 4.69) is 15.2 Å². The number of ether oxygens (including phenoxy) is 1. The van der Waals surface area contributed by atoms with Crippen molar-refractivity contribution in [2.75, 3.05) is 19.8 Å². The van der Waals surface area contributed by atoms with Gasteiger partial charge in [0, 0.05) is 6.54 Å². The van der Waals surface area contributed by atoms with Crippen LogP contribution < -0.4 is 10.8 Å². The number of rotatable bonds is 9. The van der Waals surface area contributed by atoms with Crippen molar-refractivity contribution in [1.82, 2.24) is 19.9 Å². The molecule has 0 aliphatic carbocycles. The molecule has 2 rings (SSSR count). The van der Waals surface area contributed by atoms with E-state index in [0.717, 1.165) is 11.0 Å². The first-order valence-corrected chi connectivity index (χ1v) is 9.22. The largest absolute Gasteiger partial charge is 0.405 e. The van der Waals surface area contributed by atoms with Crippen molar-refractivity contribution in [1.29, 1.82) is 0 Å². The van der Waals surface area contributed by atoms with Crippen LogP contribution in [0.2, 0.25) is 0 Å². The van der Waals surface area contributed by atoms with Crippen LogP contribution in [-0.2, 0) is 18.3 Å². The van der Waals surface area contributed by atoms with Crippen molar-refractivity contribution < 1.29 is 33.4 Å². The number of hydrogen-bond donors (Lipinski definition) is 4. The summed E-state index contributed by atoms with van der Waals surface area (Å²) in [4.78, 5) is 14.7. The summed E-state index contributed by atoms with van der Waals surface area (Å²) in [7, 11) is -3.54. The first kappa shape index (κ1) is 19.9. The molecule has 1 aliphatic heterocycles. The van der Waals surface area contributed by atoms with E-state index in [1.807, 2.05) is 0 Å². The predicted molar refractivity (Wildman–Crippen MR) is 83.3 cm³/mol. The second-order valence-corrected chi connectivity index (χ2v) is 6.98. The number of nitrogens with one attached hydrogen (secondary N) is 1. The van der Waals surface area contributed by atoms with Gasteiger partial charge in [-0.25, -0.2) is 19.3 Å². The minimum absolute atomic E-state index is 0.108. The van der Waals surface area contributed by atoms with Gasteiger partial charge in [0.15, 0.2) is 6.23 Å². The molecule has 5 N–H and O–H groups in total. The molecule has 0 bridgehead atoms. The number of hydrogen-bond acceptors (Lipinski definition) is 9. The lowest BCUT2D eigenvalue weighted by Crippen LogP contribution is -2.37. The van der Waals surface area contributed by atoms with E-state index in [0.29, 0.717) is 0 Å². The van der Waals surface area contributed by atoms with Gasteiger partial charge >= 0.3 is 7.75 Å². The van der Waals surface area contributed by atoms with E-state index in [1.165, 1.54) is 0 Å². The SMILES string of the molecule is CCOP(=O)(NCC1OC(n2cnc(C(N)=O)n2)[C@H](O)[C@@H]1O)OCC. The summed E-state index contributed by atoms with van der Waals surface area (Å²) in [6, 6.07) is 0. The Balaban J connectivity index is 2.03. The molecule has 2 unspecified atom stereocenters. The van der Waals surface area contributed by atoms with E-state index in [9.17, 15) is 19.6 Å². The van der Waals surface area contributed by atoms with Crippen LogP contribution in [0.15, 0.2) is 6.33 Å². The van der Waals surface area contributed by atoms with Gasteiger partial charge in [0.05, 0.1) is 13.2 Å². The van der Waals surface area contributed by atoms with Crippen molar-refractivity contribution in [3.63, 3.8) is 0 Å². The Hall–Kier alpha value is -1.40. The quantitative estimate of drug-likeness (QED) is 0.381. The van der Waals surface area contributed by atoms with Crippen molar-refractivity contribution in [3.8, 4) is 0 Å². The Morgan fingerprint density at radius 1 is 1.40 bits per heavy atom. The smallest absolute Gasteiger partial charge is 0.387 e. The van der Waals surface area contributed by atoms with Gasteiger partial charge in [-0.2, -0.15) is 0 Å². The third-order valence-electron chi connectivity index (χ3n) is 3.41. The zero-order valence-electron chi connectivity index (χ0n) is 13.8. The third kappa shape index (κ3) is 4.61. The van der Waals surface area contributed by atoms with E-state index < -0.39 is 38.2 Å². The molecule has 4 atom stereocenters. The van der Waals surface area contributed by atoms with Gasteiger partial charge in [0.1, 0.15) is 24.6 Å². The molecule has 12 nitrogen and oxygen atoms in total. The zero-order valence-corrected chi connectivity index (χ0v) is 14.7. The molecule has 1 fully saturated rings. The number of amides is 1. The Morgan fingerprint density at radius 3 is 2.56 bits per heavy atom. The van der Waals surface area contributed by atoms with E-state index in [4.69, 9.17) is 19.5 Å². The van der Waals surface area contributed by atoms with Crippen LogP contribution in [-0.4, -0.2) is 69.0 Å². The summed E-state index contributed by atoms with van der Waals surface area (Å²) in [5, 5.41) is 26.6. The van der Waals surface area contributed by atoms with Gasteiger partial charge in [-0.1, -0.05) is 0 Å². The molecule has 0 spiro atoms. The molecule has 142 valence electrons. The van der Waals surface area contributed by atoms with Crippen LogP contribution in [0.4, 0.5) is 0 Å². The third-order valence-corrected chi connectivity index (χ3v) is 5.18. The zero-order chi connectivity index (χ0) is 18.6. The van der Waals surface area contributed by atoms with Gasteiger partial charge < -0.3 is 20.7 Å². The summed E-state index contributed by atoms with van der Waals surface area (Å²) in [6.07, 6.45) is -3.48. The molecule has 0 saturated carbocycles. The van der Waals surface area contributed by atoms with Crippen molar-refractivity contribution in [3.05, 3.63) is 12.2 Å². The Bertz CT molecular complexity index is 631. The van der Waals surface area contributed by atoms with E-state index in [-0.39, 0.29) is 25.6 Å². The van der Waals surface area contributed by atoms with Gasteiger partial charge in [0.2, 0.25) is 5.82 Å². The van der Waals surface area contributed by atoms with Crippen molar-refractivity contribution in [2.45, 2.75) is 38.4 Å². The highest BCUT2D eigenvalue weighted by molar-refractivity contribution is 7.51. The topological polar surface area (TPSA) is 171 Å². The Kier molecular flexibility index (Phi) is 6.63. The average Bonchev–Trinajstić information content (AvgIpc) is 3.13. The fourth-order valence-corrected chi connectivity index (χ4v) is 3.64. The first-order chi connectivity index (χ1) is 11.8. The van der Waals surface area contributed by atoms with Crippen LogP contribution in [0.1, 0.15) is 30.7 Å². The number of carbonyl (C=O) groups is 1. The van der Waals surface area contributed by atoms with Crippen LogP contribution in [0.3, 0.4) is 0 Å². The maximum absolute atomic E-state index is 12.4. The van der Waals surface area contributed by atoms with Gasteiger partial charge in [-0.3, -0.25) is 13.8 Å². The van der Waals surface area contributed by atoms with Gasteiger partial charge in [0.25, 0.3) is 5.91 Å². The van der Waals surface area contributed by atoms with Crippen molar-refractivity contribution >= 4 is 13.7 Å². The standard InChI is InChI=1S/C12H22N5O7P/c1-3-22-25(21,23-4-2)15-5-7-8(18)9(19)12(24-7)17-6-14-11(16-17)10(13)20/h6-9,12,18-19H,3-5H2,1-2H3,(H2,13,20)(H,15,21)/t7?,8-,9-,12?/m1/s1. The fraction of sp³-hybridized carbons (Fsp3) is 0.750. The summed E-state index contributed by atoms with van der Waals surface area (Å²) >= 11 is 0. The number of aliphatic hydroxyl groups excluding tert-OH is 2. The minimum atomic E-state index is -3.54. The van der Waals surface area contributed by atoms with Crippen LogP contribution >= 0.6 is 7.75 Å². The molecule has 0 radical (unpaired) electrons. The molecule has 1 aliphatic rings. The summed E-state index contributed by atoms with van der Waals surface area (Å²) in [6.45, 7) is 3.55. The molecule has 0 aromatic carbocycles. The summed E-state index contributed by atoms with van der Waals surface area (Å²) in [5.41, 5.74) is 5.07. The number of carbonyl (C=O) groups excluding carboxylic acids is 1. The van der Waals surface area contributed by atoms with Crippen LogP contribution in [0.25, 0.3) is 0 Å². The van der Waals surface area contributed by atoms with E-state index in [1.54, 1.807) is 13.8 Å². The number of aliphatic hydroxyl groups is 2. The molecule has 13 heteroatoms. The lowest BCUT2D eigenvalue weighted by atomic mass is 10.1. The number of aromatic nitrogens is 3. The minimum Gasteiger partial charge on any atom is -0.387 e. The number of nitrogens with two attached hydrogens (primary N) is 1. The molecule has 1 saturated heterocycles. The first-order valence-electron chi connectivity index (χ1n) is 7.68. The maximum atomic E-state index is 12.4. The molecular formula is C12H22N5O7P. The molecule has 25 heavy (non-hydrogen) atoms. The molecule has 1 aromatic rings. The maximum Gasteiger partial charge on any atom is 0.405 e. The highest BCUT2D eigenvalue weighted by Crippen LogP contribution is 2.43. The summed E-state index contributed by atoms with van der Waals surface area (Å²) in [5.74, 6) is -1.08. The highest BCUT2D eigenvalue weighted by Gasteiger charge is 2.45. The van der Waals surface area contributed by atoms with Gasteiger partial charge in [-0.05, 0) is 13.8 Å². The predicted octanol–water partition coefficient (Wildman–Crippen LogP) is -1.23. The second kappa shape index (κ2) is 8.32. The summed E-state index contributed by atoms with van der Waals surface area (Å²) < 4.78 is 29.1. The lowest BCUT2D eigenvalue weighted by Gasteiger charge is -2.21. The van der Waals surface area contributed by atoms with E-state index >= 15 is 0 Å². The Morgan fingerprint density at radius 2 is 2.04 bits per heavy atom. The monoisotopic (exact) mass is 379 g/mol. The molecular weight excluding hydrogens is 357 g/mol. The fourth-order valence-electron chi connectivity index (χ4n) is 2.30. The number of nitrogens with zero attached hydrogens (tertiary/aromatic N) is 3. The lowest BCUT2D eigenvalue weighted by molar-refractivity contribution is -0.0432. The molecule has 2 heterocycles. The number of primary amides is 1. The normalized spacial score (nSPS) is 26.9. The van der Waals surface area contributed by atoms with Gasteiger partial charge in [-0.15, -0.1) is 5.10 Å². The average molecular weight is 379 g/mol. The van der Waals surface area contributed by atoms with Crippen LogP contribution in [0, 0.1) is 0 Å². The highest BCUT2D eigenvalue weighted by atomic mass is 31.2. The second-order valence-electron chi connectivity index (χ2n) is 5.15. The van der Waals surface area contributed by atoms with Crippen molar-refractivity contribution in [2.24, 2.45) is 5.73 Å².